The number of hydrogen-bond donors (Lipinski definition) is 1. The zero-order valence-electron chi connectivity index (χ0n) is 6.62. The highest BCUT2D eigenvalue weighted by Gasteiger charge is 2.23. The molecule has 0 aliphatic heterocycles. The Hall–Kier alpha value is -0.0900. The molecular weight excluding hydrogens is 162 g/mol. The summed E-state index contributed by atoms with van der Waals surface area (Å²) in [4.78, 5) is 0. The van der Waals surface area contributed by atoms with E-state index in [0.29, 0.717) is 11.7 Å². The van der Waals surface area contributed by atoms with Crippen molar-refractivity contribution in [2.24, 2.45) is 11.7 Å². The Bertz CT molecular complexity index is 206. The quantitative estimate of drug-likeness (QED) is 0.650. The van der Waals surface area contributed by atoms with Crippen molar-refractivity contribution in [3.8, 4) is 0 Å². The van der Waals surface area contributed by atoms with Crippen LogP contribution in [0.2, 0.25) is 0 Å². The maximum atomic E-state index is 11.1. The molecule has 11 heavy (non-hydrogen) atoms. The Kier molecular flexibility index (Phi) is 2.90. The molecule has 1 saturated carbocycles. The third kappa shape index (κ3) is 3.72. The fraction of sp³-hybridized carbons (Fsp3) is 1.00. The summed E-state index contributed by atoms with van der Waals surface area (Å²) in [6.45, 7) is 0.257. The van der Waals surface area contributed by atoms with Crippen molar-refractivity contribution in [2.75, 3.05) is 18.1 Å². The average Bonchev–Trinajstić information content (AvgIpc) is 2.65. The highest BCUT2D eigenvalue weighted by atomic mass is 32.2. The van der Waals surface area contributed by atoms with E-state index in [4.69, 9.17) is 5.73 Å². The number of nitrogens with two attached hydrogens (primary N) is 1. The molecule has 0 aromatic carbocycles. The summed E-state index contributed by atoms with van der Waals surface area (Å²) < 4.78 is 22.2. The van der Waals surface area contributed by atoms with E-state index in [-0.39, 0.29) is 12.3 Å². The highest BCUT2D eigenvalue weighted by Crippen LogP contribution is 2.32. The van der Waals surface area contributed by atoms with Crippen molar-refractivity contribution in [3.05, 3.63) is 0 Å². The van der Waals surface area contributed by atoms with Gasteiger partial charge >= 0.3 is 0 Å². The molecule has 0 saturated heterocycles. The normalized spacial score (nSPS) is 18.6. The van der Waals surface area contributed by atoms with Crippen LogP contribution in [0.3, 0.4) is 0 Å². The standard InChI is InChI=1S/C7H15NO2S/c8-4-6-11(9,10)5-3-7-1-2-7/h7H,1-6,8H2. The molecule has 1 aliphatic rings. The highest BCUT2D eigenvalue weighted by molar-refractivity contribution is 7.91. The van der Waals surface area contributed by atoms with Gasteiger partial charge in [0.25, 0.3) is 0 Å². The van der Waals surface area contributed by atoms with E-state index in [9.17, 15) is 8.42 Å². The minimum atomic E-state index is -2.81. The predicted molar refractivity (Wildman–Crippen MR) is 45.0 cm³/mol. The zero-order chi connectivity index (χ0) is 8.32. The van der Waals surface area contributed by atoms with E-state index in [0.717, 1.165) is 6.42 Å². The number of rotatable bonds is 5. The van der Waals surface area contributed by atoms with Gasteiger partial charge < -0.3 is 5.73 Å². The minimum absolute atomic E-state index is 0.152. The van der Waals surface area contributed by atoms with Crippen molar-refractivity contribution in [3.63, 3.8) is 0 Å². The predicted octanol–water partition coefficient (Wildman–Crippen LogP) is 0.160. The van der Waals surface area contributed by atoms with E-state index < -0.39 is 9.84 Å². The molecule has 1 aliphatic carbocycles. The van der Waals surface area contributed by atoms with E-state index in [1.54, 1.807) is 0 Å². The topological polar surface area (TPSA) is 60.2 Å². The molecule has 0 atom stereocenters. The number of hydrogen-bond acceptors (Lipinski definition) is 3. The molecule has 4 heteroatoms. The van der Waals surface area contributed by atoms with Gasteiger partial charge in [-0.25, -0.2) is 8.42 Å². The molecule has 0 aromatic rings. The lowest BCUT2D eigenvalue weighted by Crippen LogP contribution is -2.18. The van der Waals surface area contributed by atoms with Crippen molar-refractivity contribution < 1.29 is 8.42 Å². The second-order valence-electron chi connectivity index (χ2n) is 3.17. The van der Waals surface area contributed by atoms with Gasteiger partial charge in [0, 0.05) is 6.54 Å². The molecular formula is C7H15NO2S. The molecule has 0 heterocycles. The van der Waals surface area contributed by atoms with Crippen LogP contribution in [-0.4, -0.2) is 26.5 Å². The van der Waals surface area contributed by atoms with E-state index in [1.807, 2.05) is 0 Å². The van der Waals surface area contributed by atoms with Crippen molar-refractivity contribution in [2.45, 2.75) is 19.3 Å². The minimum Gasteiger partial charge on any atom is -0.329 e. The molecule has 0 spiro atoms. The van der Waals surface area contributed by atoms with Crippen LogP contribution in [0.4, 0.5) is 0 Å². The van der Waals surface area contributed by atoms with Crippen LogP contribution in [0.5, 0.6) is 0 Å². The molecule has 2 N–H and O–H groups in total. The van der Waals surface area contributed by atoms with Crippen LogP contribution in [0, 0.1) is 5.92 Å². The lowest BCUT2D eigenvalue weighted by atomic mass is 10.3. The van der Waals surface area contributed by atoms with Gasteiger partial charge in [0.15, 0.2) is 9.84 Å². The third-order valence-corrected chi connectivity index (χ3v) is 3.68. The summed E-state index contributed by atoms with van der Waals surface area (Å²) in [6.07, 6.45) is 3.29. The largest absolute Gasteiger partial charge is 0.329 e. The van der Waals surface area contributed by atoms with Crippen molar-refractivity contribution >= 4 is 9.84 Å². The van der Waals surface area contributed by atoms with Crippen LogP contribution >= 0.6 is 0 Å². The molecule has 0 amide bonds. The van der Waals surface area contributed by atoms with E-state index in [1.165, 1.54) is 12.8 Å². The van der Waals surface area contributed by atoms with Crippen LogP contribution in [0.1, 0.15) is 19.3 Å². The summed E-state index contributed by atoms with van der Waals surface area (Å²) >= 11 is 0. The fourth-order valence-corrected chi connectivity index (χ4v) is 2.29. The lowest BCUT2D eigenvalue weighted by Gasteiger charge is -1.99. The first-order valence-electron chi connectivity index (χ1n) is 4.04. The third-order valence-electron chi connectivity index (χ3n) is 1.96. The van der Waals surface area contributed by atoms with Crippen LogP contribution in [-0.2, 0) is 9.84 Å². The molecule has 0 bridgehead atoms. The summed E-state index contributed by atoms with van der Waals surface area (Å²) in [6, 6.07) is 0. The van der Waals surface area contributed by atoms with Gasteiger partial charge in [0.05, 0.1) is 11.5 Å². The van der Waals surface area contributed by atoms with E-state index >= 15 is 0 Å². The Labute approximate surface area is 67.9 Å². The molecule has 66 valence electrons. The molecule has 0 aromatic heterocycles. The van der Waals surface area contributed by atoms with Crippen LogP contribution in [0.15, 0.2) is 0 Å². The second-order valence-corrected chi connectivity index (χ2v) is 5.48. The molecule has 1 fully saturated rings. The van der Waals surface area contributed by atoms with Crippen LogP contribution < -0.4 is 5.73 Å². The molecule has 0 radical (unpaired) electrons. The van der Waals surface area contributed by atoms with E-state index in [2.05, 4.69) is 0 Å². The zero-order valence-corrected chi connectivity index (χ0v) is 7.44. The first-order chi connectivity index (χ1) is 5.14. The smallest absolute Gasteiger partial charge is 0.151 e. The summed E-state index contributed by atoms with van der Waals surface area (Å²) in [5.41, 5.74) is 5.16. The first-order valence-corrected chi connectivity index (χ1v) is 5.87. The molecule has 3 nitrogen and oxygen atoms in total. The SMILES string of the molecule is NCCS(=O)(=O)CCC1CC1. The maximum absolute atomic E-state index is 11.1. The van der Waals surface area contributed by atoms with Gasteiger partial charge in [-0.05, 0) is 12.3 Å². The molecule has 0 unspecified atom stereocenters. The molecule has 1 rings (SSSR count). The van der Waals surface area contributed by atoms with Gasteiger partial charge in [-0.2, -0.15) is 0 Å². The lowest BCUT2D eigenvalue weighted by molar-refractivity contribution is 0.590. The van der Waals surface area contributed by atoms with Gasteiger partial charge in [0.2, 0.25) is 0 Å². The fourth-order valence-electron chi connectivity index (χ4n) is 1.03. The van der Waals surface area contributed by atoms with Crippen molar-refractivity contribution in [1.82, 2.24) is 0 Å². The Morgan fingerprint density at radius 1 is 1.27 bits per heavy atom. The van der Waals surface area contributed by atoms with Crippen molar-refractivity contribution in [1.29, 1.82) is 0 Å². The summed E-state index contributed by atoms with van der Waals surface area (Å²) in [5, 5.41) is 0. The average molecular weight is 177 g/mol. The Morgan fingerprint density at radius 2 is 1.91 bits per heavy atom. The van der Waals surface area contributed by atoms with Gasteiger partial charge in [-0.15, -0.1) is 0 Å². The van der Waals surface area contributed by atoms with Gasteiger partial charge in [-0.3, -0.25) is 0 Å². The summed E-state index contributed by atoms with van der Waals surface area (Å²) in [5.74, 6) is 1.19. The monoisotopic (exact) mass is 177 g/mol. The first kappa shape index (κ1) is 9.00. The maximum Gasteiger partial charge on any atom is 0.151 e. The Morgan fingerprint density at radius 3 is 2.36 bits per heavy atom. The van der Waals surface area contributed by atoms with Gasteiger partial charge in [0.1, 0.15) is 0 Å². The van der Waals surface area contributed by atoms with Crippen LogP contribution in [0.25, 0.3) is 0 Å². The van der Waals surface area contributed by atoms with Gasteiger partial charge in [-0.1, -0.05) is 12.8 Å². The second kappa shape index (κ2) is 3.54. The number of sulfone groups is 1. The Balaban J connectivity index is 2.21. The summed E-state index contributed by atoms with van der Waals surface area (Å²) in [7, 11) is -2.81.